The zero-order valence-electron chi connectivity index (χ0n) is 11.5. The second kappa shape index (κ2) is 5.74. The Hall–Kier alpha value is -1.70. The second-order valence-corrected chi connectivity index (χ2v) is 6.25. The smallest absolute Gasteiger partial charge is 0.241 e. The number of nitrogens with two attached hydrogens (primary N) is 1. The summed E-state index contributed by atoms with van der Waals surface area (Å²) in [5.41, 5.74) is 7.91. The van der Waals surface area contributed by atoms with E-state index in [4.69, 9.17) is 5.73 Å². The van der Waals surface area contributed by atoms with Gasteiger partial charge in [-0.15, -0.1) is 0 Å². The Balaban J connectivity index is 2.25. The SMILES string of the molecule is Cc1c(CN)cccc1S(=O)(=O)NCc1ccnn1C. The van der Waals surface area contributed by atoms with Crippen LogP contribution in [0.1, 0.15) is 16.8 Å². The van der Waals surface area contributed by atoms with E-state index in [2.05, 4.69) is 9.82 Å². The van der Waals surface area contributed by atoms with Crippen LogP contribution >= 0.6 is 0 Å². The molecule has 6 nitrogen and oxygen atoms in total. The summed E-state index contributed by atoms with van der Waals surface area (Å²) in [6.07, 6.45) is 1.63. The van der Waals surface area contributed by atoms with Gasteiger partial charge in [0.05, 0.1) is 17.1 Å². The predicted molar refractivity (Wildman–Crippen MR) is 76.3 cm³/mol. The molecule has 1 heterocycles. The van der Waals surface area contributed by atoms with Crippen LogP contribution in [-0.2, 0) is 30.2 Å². The highest BCUT2D eigenvalue weighted by molar-refractivity contribution is 7.89. The molecule has 0 aliphatic rings. The summed E-state index contributed by atoms with van der Waals surface area (Å²) < 4.78 is 28.9. The number of hydrogen-bond acceptors (Lipinski definition) is 4. The highest BCUT2D eigenvalue weighted by atomic mass is 32.2. The molecule has 0 bridgehead atoms. The monoisotopic (exact) mass is 294 g/mol. The van der Waals surface area contributed by atoms with Crippen LogP contribution in [-0.4, -0.2) is 18.2 Å². The maximum atomic E-state index is 12.3. The van der Waals surface area contributed by atoms with Crippen molar-refractivity contribution in [1.82, 2.24) is 14.5 Å². The van der Waals surface area contributed by atoms with E-state index in [0.717, 1.165) is 11.3 Å². The van der Waals surface area contributed by atoms with Gasteiger partial charge in [0, 0.05) is 19.8 Å². The summed E-state index contributed by atoms with van der Waals surface area (Å²) in [5.74, 6) is 0. The standard InChI is InChI=1S/C13H18N4O2S/c1-10-11(8-14)4-3-5-13(10)20(18,19)16-9-12-6-7-15-17(12)2/h3-7,16H,8-9,14H2,1-2H3. The van der Waals surface area contributed by atoms with Crippen LogP contribution in [0, 0.1) is 6.92 Å². The minimum Gasteiger partial charge on any atom is -0.326 e. The summed E-state index contributed by atoms with van der Waals surface area (Å²) >= 11 is 0. The van der Waals surface area contributed by atoms with Gasteiger partial charge in [-0.1, -0.05) is 12.1 Å². The molecule has 0 radical (unpaired) electrons. The lowest BCUT2D eigenvalue weighted by Gasteiger charge is -2.12. The molecule has 1 aromatic heterocycles. The van der Waals surface area contributed by atoms with Crippen molar-refractivity contribution in [1.29, 1.82) is 0 Å². The molecule has 2 rings (SSSR count). The Kier molecular flexibility index (Phi) is 4.22. The maximum absolute atomic E-state index is 12.3. The van der Waals surface area contributed by atoms with Crippen molar-refractivity contribution in [2.45, 2.75) is 24.9 Å². The first kappa shape index (κ1) is 14.7. The number of nitrogens with one attached hydrogen (secondary N) is 1. The number of aromatic nitrogens is 2. The van der Waals surface area contributed by atoms with Gasteiger partial charge in [-0.25, -0.2) is 13.1 Å². The number of sulfonamides is 1. The third-order valence-corrected chi connectivity index (χ3v) is 4.82. The summed E-state index contributed by atoms with van der Waals surface area (Å²) in [6, 6.07) is 6.88. The largest absolute Gasteiger partial charge is 0.326 e. The van der Waals surface area contributed by atoms with Gasteiger partial charge in [0.15, 0.2) is 0 Å². The Labute approximate surface area is 118 Å². The average Bonchev–Trinajstić information content (AvgIpc) is 2.82. The Morgan fingerprint density at radius 3 is 2.70 bits per heavy atom. The molecule has 20 heavy (non-hydrogen) atoms. The van der Waals surface area contributed by atoms with Crippen LogP contribution in [0.5, 0.6) is 0 Å². The number of hydrogen-bond donors (Lipinski definition) is 2. The summed E-state index contributed by atoms with van der Waals surface area (Å²) in [4.78, 5) is 0.266. The first-order valence-corrected chi connectivity index (χ1v) is 7.69. The Morgan fingerprint density at radius 2 is 2.10 bits per heavy atom. The third kappa shape index (κ3) is 2.90. The van der Waals surface area contributed by atoms with Crippen molar-refractivity contribution in [2.75, 3.05) is 0 Å². The molecular formula is C13H18N4O2S. The first-order chi connectivity index (χ1) is 9.45. The topological polar surface area (TPSA) is 90.0 Å². The van der Waals surface area contributed by atoms with Gasteiger partial charge < -0.3 is 5.73 Å². The van der Waals surface area contributed by atoms with E-state index in [0.29, 0.717) is 12.1 Å². The quantitative estimate of drug-likeness (QED) is 0.848. The van der Waals surface area contributed by atoms with Gasteiger partial charge in [0.1, 0.15) is 0 Å². The summed E-state index contributed by atoms with van der Waals surface area (Å²) in [6.45, 7) is 2.28. The molecule has 2 aromatic rings. The molecule has 1 aromatic carbocycles. The number of benzene rings is 1. The van der Waals surface area contributed by atoms with E-state index in [-0.39, 0.29) is 11.4 Å². The highest BCUT2D eigenvalue weighted by Gasteiger charge is 2.18. The van der Waals surface area contributed by atoms with Gasteiger partial charge in [-0.05, 0) is 30.2 Å². The molecule has 0 saturated heterocycles. The molecule has 0 unspecified atom stereocenters. The molecule has 7 heteroatoms. The van der Waals surface area contributed by atoms with Gasteiger partial charge in [-0.3, -0.25) is 4.68 Å². The van der Waals surface area contributed by atoms with E-state index in [1.165, 1.54) is 0 Å². The molecule has 0 aliphatic heterocycles. The molecule has 0 amide bonds. The predicted octanol–water partition coefficient (Wildman–Crippen LogP) is 0.666. The van der Waals surface area contributed by atoms with Crippen LogP contribution in [0.2, 0.25) is 0 Å². The van der Waals surface area contributed by atoms with Gasteiger partial charge in [-0.2, -0.15) is 5.10 Å². The van der Waals surface area contributed by atoms with E-state index >= 15 is 0 Å². The van der Waals surface area contributed by atoms with Gasteiger partial charge >= 0.3 is 0 Å². The highest BCUT2D eigenvalue weighted by Crippen LogP contribution is 2.18. The molecule has 108 valence electrons. The van der Waals surface area contributed by atoms with Crippen LogP contribution in [0.3, 0.4) is 0 Å². The number of aryl methyl sites for hydroxylation is 1. The van der Waals surface area contributed by atoms with E-state index < -0.39 is 10.0 Å². The van der Waals surface area contributed by atoms with Crippen molar-refractivity contribution in [3.63, 3.8) is 0 Å². The second-order valence-electron chi connectivity index (χ2n) is 4.52. The van der Waals surface area contributed by atoms with Crippen molar-refractivity contribution < 1.29 is 8.42 Å². The normalized spacial score (nSPS) is 11.8. The van der Waals surface area contributed by atoms with Crippen LogP contribution < -0.4 is 10.5 Å². The van der Waals surface area contributed by atoms with Crippen LogP contribution in [0.4, 0.5) is 0 Å². The molecule has 0 spiro atoms. The molecule has 3 N–H and O–H groups in total. The lowest BCUT2D eigenvalue weighted by molar-refractivity contribution is 0.576. The van der Waals surface area contributed by atoms with E-state index in [1.54, 1.807) is 43.0 Å². The Morgan fingerprint density at radius 1 is 1.35 bits per heavy atom. The van der Waals surface area contributed by atoms with E-state index in [9.17, 15) is 8.42 Å². The zero-order valence-corrected chi connectivity index (χ0v) is 12.3. The lowest BCUT2D eigenvalue weighted by Crippen LogP contribution is -2.25. The van der Waals surface area contributed by atoms with Crippen LogP contribution in [0.15, 0.2) is 35.4 Å². The summed E-state index contributed by atoms with van der Waals surface area (Å²) in [5, 5.41) is 4.00. The van der Waals surface area contributed by atoms with Crippen molar-refractivity contribution in [3.05, 3.63) is 47.3 Å². The van der Waals surface area contributed by atoms with Crippen molar-refractivity contribution in [2.24, 2.45) is 12.8 Å². The number of nitrogens with zero attached hydrogens (tertiary/aromatic N) is 2. The fraction of sp³-hybridized carbons (Fsp3) is 0.308. The fourth-order valence-electron chi connectivity index (χ4n) is 1.99. The van der Waals surface area contributed by atoms with Crippen molar-refractivity contribution in [3.8, 4) is 0 Å². The summed E-state index contributed by atoms with van der Waals surface area (Å²) in [7, 11) is -1.80. The molecule has 0 saturated carbocycles. The zero-order chi connectivity index (χ0) is 14.8. The Bertz CT molecular complexity index is 707. The van der Waals surface area contributed by atoms with Gasteiger partial charge in [0.25, 0.3) is 0 Å². The lowest BCUT2D eigenvalue weighted by atomic mass is 10.1. The fourth-order valence-corrected chi connectivity index (χ4v) is 3.28. The van der Waals surface area contributed by atoms with Gasteiger partial charge in [0.2, 0.25) is 10.0 Å². The molecule has 0 aliphatic carbocycles. The molecular weight excluding hydrogens is 276 g/mol. The average molecular weight is 294 g/mol. The van der Waals surface area contributed by atoms with Crippen molar-refractivity contribution >= 4 is 10.0 Å². The molecule has 0 fully saturated rings. The van der Waals surface area contributed by atoms with Crippen LogP contribution in [0.25, 0.3) is 0 Å². The first-order valence-electron chi connectivity index (χ1n) is 6.21. The maximum Gasteiger partial charge on any atom is 0.241 e. The van der Waals surface area contributed by atoms with E-state index in [1.807, 2.05) is 6.07 Å². The minimum atomic E-state index is -3.56. The number of rotatable bonds is 5. The minimum absolute atomic E-state index is 0.200. The third-order valence-electron chi connectivity index (χ3n) is 3.27. The molecule has 0 atom stereocenters.